The van der Waals surface area contributed by atoms with Crippen LogP contribution in [0.25, 0.3) is 0 Å². The first kappa shape index (κ1) is 26.3. The molecular weight excluding hydrogens is 470 g/mol. The lowest BCUT2D eigenvalue weighted by Crippen LogP contribution is -2.58. The maximum Gasteiger partial charge on any atom is 0.408 e. The van der Waals surface area contributed by atoms with Crippen molar-refractivity contribution < 1.29 is 33.5 Å². The van der Waals surface area contributed by atoms with Crippen LogP contribution in [0.1, 0.15) is 38.2 Å². The van der Waals surface area contributed by atoms with Gasteiger partial charge in [0.25, 0.3) is 5.69 Å². The predicted molar refractivity (Wildman–Crippen MR) is 128 cm³/mol. The van der Waals surface area contributed by atoms with Crippen LogP contribution in [0, 0.1) is 21.4 Å². The first-order valence-corrected chi connectivity index (χ1v) is 12.6. The molecule has 1 aromatic carbocycles. The van der Waals surface area contributed by atoms with E-state index in [1.807, 2.05) is 0 Å². The summed E-state index contributed by atoms with van der Waals surface area (Å²) >= 11 is 0. The van der Waals surface area contributed by atoms with Crippen molar-refractivity contribution in [2.45, 2.75) is 51.4 Å². The molecular formula is C25H35N3O8. The zero-order valence-corrected chi connectivity index (χ0v) is 20.7. The molecule has 198 valence electrons. The summed E-state index contributed by atoms with van der Waals surface area (Å²) in [7, 11) is 0. The van der Waals surface area contributed by atoms with Gasteiger partial charge in [-0.25, -0.2) is 4.79 Å². The Morgan fingerprint density at radius 1 is 1.17 bits per heavy atom. The third kappa shape index (κ3) is 6.71. The molecule has 0 saturated carbocycles. The summed E-state index contributed by atoms with van der Waals surface area (Å²) in [5.41, 5.74) is 0.752. The number of amides is 2. The first-order chi connectivity index (χ1) is 17.3. The SMILES string of the molecule is C[C@@H](OCC1CCOCC1)[C@H](NC(=O)OCc1ccc([N+](=O)[O-])cc1)C(=O)N1CCC2(CC1)COC2. The molecule has 36 heavy (non-hydrogen) atoms. The molecule has 1 spiro atoms. The van der Waals surface area contributed by atoms with E-state index in [2.05, 4.69) is 5.32 Å². The summed E-state index contributed by atoms with van der Waals surface area (Å²) < 4.78 is 22.2. The Kier molecular flexibility index (Phi) is 8.76. The maximum absolute atomic E-state index is 13.5. The minimum absolute atomic E-state index is 0.0406. The van der Waals surface area contributed by atoms with Gasteiger partial charge in [0.1, 0.15) is 12.6 Å². The molecule has 11 heteroatoms. The zero-order chi connectivity index (χ0) is 25.5. The van der Waals surface area contributed by atoms with E-state index in [1.165, 1.54) is 24.3 Å². The van der Waals surface area contributed by atoms with Crippen LogP contribution in [0.15, 0.2) is 24.3 Å². The third-order valence-corrected chi connectivity index (χ3v) is 7.41. The van der Waals surface area contributed by atoms with Crippen molar-refractivity contribution in [2.24, 2.45) is 11.3 Å². The highest BCUT2D eigenvalue weighted by Crippen LogP contribution is 2.38. The number of nitro benzene ring substituents is 1. The van der Waals surface area contributed by atoms with Crippen LogP contribution in [0.2, 0.25) is 0 Å². The van der Waals surface area contributed by atoms with Gasteiger partial charge in [-0.1, -0.05) is 0 Å². The van der Waals surface area contributed by atoms with E-state index in [0.717, 1.165) is 38.9 Å². The quantitative estimate of drug-likeness (QED) is 0.401. The van der Waals surface area contributed by atoms with Crippen molar-refractivity contribution in [1.29, 1.82) is 0 Å². The number of hydrogen-bond donors (Lipinski definition) is 1. The van der Waals surface area contributed by atoms with Crippen molar-refractivity contribution >= 4 is 17.7 Å². The number of hydrogen-bond acceptors (Lipinski definition) is 8. The summed E-state index contributed by atoms with van der Waals surface area (Å²) in [5.74, 6) is 0.177. The molecule has 4 rings (SSSR count). The second-order valence-electron chi connectivity index (χ2n) is 10.0. The number of carbonyl (C=O) groups is 2. The fourth-order valence-electron chi connectivity index (χ4n) is 4.79. The normalized spacial score (nSPS) is 21.3. The molecule has 3 heterocycles. The van der Waals surface area contributed by atoms with Gasteiger partial charge in [0.15, 0.2) is 0 Å². The molecule has 1 aromatic rings. The molecule has 3 saturated heterocycles. The number of nitrogens with one attached hydrogen (secondary N) is 1. The standard InChI is InChI=1S/C25H35N3O8/c1-18(35-14-20-6-12-33-13-7-20)22(23(29)27-10-8-25(9-11-27)16-34-17-25)26-24(30)36-15-19-2-4-21(5-3-19)28(31)32/h2-5,18,20,22H,6-17H2,1H3,(H,26,30)/t18-,22+/m1/s1. The number of carbonyl (C=O) groups excluding carboxylic acids is 2. The average molecular weight is 506 g/mol. The smallest absolute Gasteiger partial charge is 0.408 e. The molecule has 1 N–H and O–H groups in total. The molecule has 11 nitrogen and oxygen atoms in total. The predicted octanol–water partition coefficient (Wildman–Crippen LogP) is 2.66. The number of nitro groups is 1. The molecule has 3 aliphatic rings. The Labute approximate surface area is 210 Å². The molecule has 0 aromatic heterocycles. The number of ether oxygens (including phenoxy) is 4. The summed E-state index contributed by atoms with van der Waals surface area (Å²) in [6, 6.07) is 4.88. The van der Waals surface area contributed by atoms with Crippen molar-refractivity contribution in [3.8, 4) is 0 Å². The zero-order valence-electron chi connectivity index (χ0n) is 20.7. The number of rotatable bonds is 9. The summed E-state index contributed by atoms with van der Waals surface area (Å²) in [6.45, 7) is 6.35. The Hall–Kier alpha value is -2.76. The van der Waals surface area contributed by atoms with Gasteiger partial charge in [0.2, 0.25) is 5.91 Å². The van der Waals surface area contributed by atoms with Crippen LogP contribution in [-0.4, -0.2) is 80.1 Å². The van der Waals surface area contributed by atoms with E-state index < -0.39 is 23.2 Å². The summed E-state index contributed by atoms with van der Waals surface area (Å²) in [6.07, 6.45) is 2.30. The van der Waals surface area contributed by atoms with Crippen LogP contribution in [0.3, 0.4) is 0 Å². The second kappa shape index (κ2) is 12.0. The van der Waals surface area contributed by atoms with Crippen LogP contribution >= 0.6 is 0 Å². The van der Waals surface area contributed by atoms with Gasteiger partial charge < -0.3 is 29.2 Å². The molecule has 3 fully saturated rings. The Morgan fingerprint density at radius 2 is 1.83 bits per heavy atom. The van der Waals surface area contributed by atoms with E-state index in [1.54, 1.807) is 11.8 Å². The highest BCUT2D eigenvalue weighted by atomic mass is 16.6. The third-order valence-electron chi connectivity index (χ3n) is 7.41. The van der Waals surface area contributed by atoms with E-state index in [4.69, 9.17) is 18.9 Å². The Morgan fingerprint density at radius 3 is 2.42 bits per heavy atom. The molecule has 0 radical (unpaired) electrons. The minimum atomic E-state index is -0.888. The van der Waals surface area contributed by atoms with Crippen molar-refractivity contribution in [3.63, 3.8) is 0 Å². The largest absolute Gasteiger partial charge is 0.445 e. The van der Waals surface area contributed by atoms with Crippen LogP contribution in [-0.2, 0) is 30.3 Å². The lowest BCUT2D eigenvalue weighted by atomic mass is 9.76. The number of nitrogens with zero attached hydrogens (tertiary/aromatic N) is 2. The molecule has 3 aliphatic heterocycles. The van der Waals surface area contributed by atoms with Gasteiger partial charge in [-0.15, -0.1) is 0 Å². The molecule has 0 aliphatic carbocycles. The molecule has 0 bridgehead atoms. The van der Waals surface area contributed by atoms with Crippen molar-refractivity contribution in [2.75, 3.05) is 46.1 Å². The van der Waals surface area contributed by atoms with Crippen LogP contribution in [0.5, 0.6) is 0 Å². The number of benzene rings is 1. The monoisotopic (exact) mass is 505 g/mol. The number of alkyl carbamates (subject to hydrolysis) is 1. The number of likely N-dealkylation sites (tertiary alicyclic amines) is 1. The van der Waals surface area contributed by atoms with Crippen LogP contribution in [0.4, 0.5) is 10.5 Å². The van der Waals surface area contributed by atoms with Crippen molar-refractivity contribution in [3.05, 3.63) is 39.9 Å². The van der Waals surface area contributed by atoms with E-state index >= 15 is 0 Å². The van der Waals surface area contributed by atoms with Gasteiger partial charge in [-0.2, -0.15) is 0 Å². The van der Waals surface area contributed by atoms with Gasteiger partial charge in [0.05, 0.1) is 30.8 Å². The maximum atomic E-state index is 13.5. The second-order valence-corrected chi connectivity index (χ2v) is 10.0. The fourth-order valence-corrected chi connectivity index (χ4v) is 4.79. The summed E-state index contributed by atoms with van der Waals surface area (Å²) in [4.78, 5) is 38.3. The number of piperidine rings is 1. The highest BCUT2D eigenvalue weighted by Gasteiger charge is 2.43. The van der Waals surface area contributed by atoms with Crippen LogP contribution < -0.4 is 5.32 Å². The lowest BCUT2D eigenvalue weighted by Gasteiger charge is -2.47. The fraction of sp³-hybridized carbons (Fsp3) is 0.680. The topological polar surface area (TPSA) is 129 Å². The minimum Gasteiger partial charge on any atom is -0.445 e. The van der Waals surface area contributed by atoms with Gasteiger partial charge in [0, 0.05) is 43.9 Å². The molecule has 2 atom stereocenters. The Bertz CT molecular complexity index is 904. The van der Waals surface area contributed by atoms with Gasteiger partial charge >= 0.3 is 6.09 Å². The summed E-state index contributed by atoms with van der Waals surface area (Å²) in [5, 5.41) is 13.5. The average Bonchev–Trinajstić information content (AvgIpc) is 2.88. The van der Waals surface area contributed by atoms with Gasteiger partial charge in [-0.3, -0.25) is 14.9 Å². The number of non-ortho nitro benzene ring substituents is 1. The van der Waals surface area contributed by atoms with E-state index in [9.17, 15) is 19.7 Å². The van der Waals surface area contributed by atoms with E-state index in [0.29, 0.717) is 44.4 Å². The highest BCUT2D eigenvalue weighted by molar-refractivity contribution is 5.86. The van der Waals surface area contributed by atoms with Crippen molar-refractivity contribution in [1.82, 2.24) is 10.2 Å². The first-order valence-electron chi connectivity index (χ1n) is 12.6. The van der Waals surface area contributed by atoms with E-state index in [-0.39, 0.29) is 23.6 Å². The molecule has 2 amide bonds. The van der Waals surface area contributed by atoms with Gasteiger partial charge in [-0.05, 0) is 56.2 Å². The Balaban J connectivity index is 1.34. The lowest BCUT2D eigenvalue weighted by molar-refractivity contribution is -0.384. The molecule has 0 unspecified atom stereocenters.